The van der Waals surface area contributed by atoms with Crippen LogP contribution in [0, 0.1) is 5.95 Å². The van der Waals surface area contributed by atoms with Crippen LogP contribution >= 0.6 is 15.9 Å². The SMILES string of the molecule is CC1(C)CC(=C(c2ccc(Br)cc2)c2ccc3c(c2)c(F)nn3C2CCCCO2)CC(C)(C)O1. The van der Waals surface area contributed by atoms with E-state index >= 15 is 4.39 Å². The lowest BCUT2D eigenvalue weighted by Crippen LogP contribution is -2.42. The molecule has 0 saturated carbocycles. The summed E-state index contributed by atoms with van der Waals surface area (Å²) in [5.41, 5.74) is 4.81. The molecule has 1 atom stereocenters. The Bertz CT molecular complexity index is 1220. The third-order valence-electron chi connectivity index (χ3n) is 6.70. The number of hydrogen-bond donors (Lipinski definition) is 0. The number of fused-ring (bicyclic) bond motifs is 1. The second-order valence-corrected chi connectivity index (χ2v) is 11.7. The van der Waals surface area contributed by atoms with E-state index in [1.807, 2.05) is 12.1 Å². The zero-order valence-electron chi connectivity index (χ0n) is 20.3. The predicted octanol–water partition coefficient (Wildman–Crippen LogP) is 7.81. The van der Waals surface area contributed by atoms with Crippen molar-refractivity contribution in [2.45, 2.75) is 77.2 Å². The van der Waals surface area contributed by atoms with Crippen molar-refractivity contribution in [2.24, 2.45) is 0 Å². The standard InChI is InChI=1S/C28H32BrFN2O2/c1-27(2)16-20(17-28(3,4)34-27)25(18-8-11-21(29)12-9-18)19-10-13-23-22(15-19)26(30)31-32(23)24-7-5-6-14-33-24/h8-13,15,24H,5-7,14,16-17H2,1-4H3. The molecule has 0 radical (unpaired) electrons. The maximum Gasteiger partial charge on any atom is 0.240 e. The molecule has 0 bridgehead atoms. The number of aromatic nitrogens is 2. The Hall–Kier alpha value is -2.02. The van der Waals surface area contributed by atoms with E-state index in [-0.39, 0.29) is 17.4 Å². The first-order valence-electron chi connectivity index (χ1n) is 12.1. The molecular weight excluding hydrogens is 495 g/mol. The van der Waals surface area contributed by atoms with Crippen LogP contribution in [0.3, 0.4) is 0 Å². The normalized spacial score (nSPS) is 22.2. The van der Waals surface area contributed by atoms with Gasteiger partial charge in [0.05, 0.1) is 22.1 Å². The second kappa shape index (κ2) is 8.89. The minimum absolute atomic E-state index is 0.201. The molecule has 2 fully saturated rings. The van der Waals surface area contributed by atoms with Crippen LogP contribution in [-0.4, -0.2) is 27.6 Å². The average Bonchev–Trinajstić information content (AvgIpc) is 3.10. The first-order valence-corrected chi connectivity index (χ1v) is 12.9. The van der Waals surface area contributed by atoms with Crippen molar-refractivity contribution in [3.63, 3.8) is 0 Å². The number of ether oxygens (including phenoxy) is 2. The van der Waals surface area contributed by atoms with Gasteiger partial charge in [0.15, 0.2) is 6.23 Å². The van der Waals surface area contributed by atoms with Gasteiger partial charge in [-0.25, -0.2) is 4.68 Å². The number of benzene rings is 2. The third-order valence-corrected chi connectivity index (χ3v) is 7.22. The Morgan fingerprint density at radius 3 is 2.32 bits per heavy atom. The smallest absolute Gasteiger partial charge is 0.240 e. The van der Waals surface area contributed by atoms with Crippen molar-refractivity contribution >= 4 is 32.4 Å². The minimum atomic E-state index is -0.446. The van der Waals surface area contributed by atoms with Crippen molar-refractivity contribution in [1.29, 1.82) is 0 Å². The highest BCUT2D eigenvalue weighted by Gasteiger charge is 2.38. The topological polar surface area (TPSA) is 36.3 Å². The van der Waals surface area contributed by atoms with Gasteiger partial charge in [-0.3, -0.25) is 0 Å². The zero-order chi connectivity index (χ0) is 24.1. The van der Waals surface area contributed by atoms with Crippen LogP contribution < -0.4 is 0 Å². The highest BCUT2D eigenvalue weighted by molar-refractivity contribution is 9.10. The molecule has 6 heteroatoms. The van der Waals surface area contributed by atoms with E-state index in [0.29, 0.717) is 12.0 Å². The number of rotatable bonds is 3. The number of hydrogen-bond acceptors (Lipinski definition) is 3. The highest BCUT2D eigenvalue weighted by Crippen LogP contribution is 2.44. The number of halogens is 2. The monoisotopic (exact) mass is 526 g/mol. The van der Waals surface area contributed by atoms with Crippen molar-refractivity contribution < 1.29 is 13.9 Å². The van der Waals surface area contributed by atoms with E-state index in [4.69, 9.17) is 9.47 Å². The molecule has 2 saturated heterocycles. The van der Waals surface area contributed by atoms with E-state index in [2.05, 4.69) is 79.1 Å². The predicted molar refractivity (Wildman–Crippen MR) is 137 cm³/mol. The second-order valence-electron chi connectivity index (χ2n) is 10.7. The minimum Gasteiger partial charge on any atom is -0.369 e. The molecule has 0 spiro atoms. The summed E-state index contributed by atoms with van der Waals surface area (Å²) < 4.78 is 30.1. The van der Waals surface area contributed by atoms with Crippen molar-refractivity contribution in [3.8, 4) is 0 Å². The van der Waals surface area contributed by atoms with Crippen molar-refractivity contribution in [1.82, 2.24) is 9.78 Å². The van der Waals surface area contributed by atoms with Gasteiger partial charge in [-0.1, -0.05) is 39.7 Å². The summed E-state index contributed by atoms with van der Waals surface area (Å²) in [6, 6.07) is 14.4. The molecule has 0 amide bonds. The summed E-state index contributed by atoms with van der Waals surface area (Å²) in [7, 11) is 0. The molecule has 180 valence electrons. The number of nitrogens with zero attached hydrogens (tertiary/aromatic N) is 2. The van der Waals surface area contributed by atoms with Gasteiger partial charge in [-0.15, -0.1) is 5.10 Å². The molecule has 2 aromatic carbocycles. The summed E-state index contributed by atoms with van der Waals surface area (Å²) in [6.07, 6.45) is 4.40. The lowest BCUT2D eigenvalue weighted by Gasteiger charge is -2.43. The largest absolute Gasteiger partial charge is 0.369 e. The summed E-state index contributed by atoms with van der Waals surface area (Å²) in [5.74, 6) is -0.446. The molecule has 0 N–H and O–H groups in total. The fourth-order valence-corrected chi connectivity index (χ4v) is 5.94. The molecule has 0 aliphatic carbocycles. The molecule has 4 nitrogen and oxygen atoms in total. The quantitative estimate of drug-likeness (QED) is 0.349. The molecule has 2 aliphatic heterocycles. The van der Waals surface area contributed by atoms with Crippen molar-refractivity contribution in [3.05, 3.63) is 69.6 Å². The van der Waals surface area contributed by atoms with Crippen LogP contribution in [0.1, 0.15) is 77.2 Å². The Labute approximate surface area is 209 Å². The molecule has 34 heavy (non-hydrogen) atoms. The van der Waals surface area contributed by atoms with Gasteiger partial charge in [-0.2, -0.15) is 4.39 Å². The summed E-state index contributed by atoms with van der Waals surface area (Å²) in [5, 5.41) is 4.77. The van der Waals surface area contributed by atoms with Gasteiger partial charge in [0.2, 0.25) is 5.95 Å². The maximum absolute atomic E-state index is 15.1. The summed E-state index contributed by atoms with van der Waals surface area (Å²) in [6.45, 7) is 9.27. The fourth-order valence-electron chi connectivity index (χ4n) is 5.67. The first kappa shape index (κ1) is 23.7. The Morgan fingerprint density at radius 2 is 1.68 bits per heavy atom. The van der Waals surface area contributed by atoms with Crippen LogP contribution in [0.2, 0.25) is 0 Å². The molecule has 3 heterocycles. The van der Waals surface area contributed by atoms with Crippen LogP contribution in [0.5, 0.6) is 0 Å². The fraction of sp³-hybridized carbons (Fsp3) is 0.464. The Kier molecular flexibility index (Phi) is 6.20. The van der Waals surface area contributed by atoms with Gasteiger partial charge in [0, 0.05) is 11.1 Å². The average molecular weight is 527 g/mol. The van der Waals surface area contributed by atoms with E-state index in [1.54, 1.807) is 4.68 Å². The van der Waals surface area contributed by atoms with E-state index in [1.165, 1.54) is 5.57 Å². The van der Waals surface area contributed by atoms with Crippen LogP contribution in [0.15, 0.2) is 52.5 Å². The zero-order valence-corrected chi connectivity index (χ0v) is 21.9. The Morgan fingerprint density at radius 1 is 1.00 bits per heavy atom. The van der Waals surface area contributed by atoms with E-state index < -0.39 is 5.95 Å². The first-order chi connectivity index (χ1) is 16.1. The van der Waals surface area contributed by atoms with Gasteiger partial charge in [-0.05, 0) is 101 Å². The van der Waals surface area contributed by atoms with E-state index in [9.17, 15) is 0 Å². The van der Waals surface area contributed by atoms with Gasteiger partial charge < -0.3 is 9.47 Å². The van der Waals surface area contributed by atoms with Crippen LogP contribution in [0.25, 0.3) is 16.5 Å². The summed E-state index contributed by atoms with van der Waals surface area (Å²) in [4.78, 5) is 0. The molecule has 3 aromatic rings. The van der Waals surface area contributed by atoms with Gasteiger partial charge >= 0.3 is 0 Å². The molecule has 1 aromatic heterocycles. The molecular formula is C28H32BrFN2O2. The third kappa shape index (κ3) is 4.73. The summed E-state index contributed by atoms with van der Waals surface area (Å²) >= 11 is 3.56. The van der Waals surface area contributed by atoms with Gasteiger partial charge in [0.1, 0.15) is 0 Å². The maximum atomic E-state index is 15.1. The van der Waals surface area contributed by atoms with Crippen LogP contribution in [-0.2, 0) is 9.47 Å². The van der Waals surface area contributed by atoms with E-state index in [0.717, 1.165) is 58.8 Å². The Balaban J connectivity index is 1.67. The molecule has 2 aliphatic rings. The molecule has 5 rings (SSSR count). The van der Waals surface area contributed by atoms with Gasteiger partial charge in [0.25, 0.3) is 0 Å². The lowest BCUT2D eigenvalue weighted by molar-refractivity contribution is -0.138. The highest BCUT2D eigenvalue weighted by atomic mass is 79.9. The van der Waals surface area contributed by atoms with Crippen LogP contribution in [0.4, 0.5) is 4.39 Å². The van der Waals surface area contributed by atoms with Crippen molar-refractivity contribution in [2.75, 3.05) is 6.61 Å². The molecule has 1 unspecified atom stereocenters. The lowest BCUT2D eigenvalue weighted by atomic mass is 9.79.